The summed E-state index contributed by atoms with van der Waals surface area (Å²) in [6, 6.07) is 5.77. The van der Waals surface area contributed by atoms with E-state index in [2.05, 4.69) is 15.4 Å². The van der Waals surface area contributed by atoms with Crippen molar-refractivity contribution in [2.45, 2.75) is 31.7 Å². The number of ether oxygens (including phenoxy) is 1. The molecule has 2 heterocycles. The fourth-order valence-corrected chi connectivity index (χ4v) is 2.61. The molecule has 0 atom stereocenters. The van der Waals surface area contributed by atoms with E-state index < -0.39 is 0 Å². The van der Waals surface area contributed by atoms with Crippen LogP contribution in [0.2, 0.25) is 0 Å². The summed E-state index contributed by atoms with van der Waals surface area (Å²) in [5, 5.41) is 7.47. The molecule has 0 aliphatic heterocycles. The zero-order valence-corrected chi connectivity index (χ0v) is 12.0. The molecule has 0 radical (unpaired) electrons. The van der Waals surface area contributed by atoms with Crippen LogP contribution in [0, 0.1) is 0 Å². The summed E-state index contributed by atoms with van der Waals surface area (Å²) in [4.78, 5) is 16.5. The number of rotatable bonds is 4. The van der Waals surface area contributed by atoms with E-state index in [1.807, 2.05) is 12.1 Å². The lowest BCUT2D eigenvalue weighted by Crippen LogP contribution is -2.22. The van der Waals surface area contributed by atoms with Crippen molar-refractivity contribution in [3.8, 4) is 11.4 Å². The van der Waals surface area contributed by atoms with Crippen LogP contribution >= 0.6 is 0 Å². The molecule has 0 unspecified atom stereocenters. The average molecular weight is 286 g/mol. The van der Waals surface area contributed by atoms with E-state index in [9.17, 15) is 4.79 Å². The van der Waals surface area contributed by atoms with E-state index in [1.54, 1.807) is 12.3 Å². The Morgan fingerprint density at radius 2 is 2.10 bits per heavy atom. The molecule has 0 amide bonds. The van der Waals surface area contributed by atoms with Crippen LogP contribution in [0.1, 0.15) is 25.7 Å². The minimum Gasteiger partial charge on any atom is -0.491 e. The van der Waals surface area contributed by atoms with Crippen molar-refractivity contribution in [3.63, 3.8) is 0 Å². The molecular formula is C15H18N4O2. The number of hydrogen-bond donors (Lipinski definition) is 1. The van der Waals surface area contributed by atoms with E-state index in [0.717, 1.165) is 5.82 Å². The fraction of sp³-hybridized carbons (Fsp3) is 0.400. The molecule has 0 spiro atoms. The van der Waals surface area contributed by atoms with Crippen molar-refractivity contribution in [2.24, 2.45) is 0 Å². The molecule has 3 rings (SSSR count). The number of hydrogen-bond acceptors (Lipinski definition) is 5. The topological polar surface area (TPSA) is 69.0 Å². The van der Waals surface area contributed by atoms with Crippen LogP contribution in [0.5, 0.6) is 5.75 Å². The summed E-state index contributed by atoms with van der Waals surface area (Å²) in [5.74, 6) is 1.10. The largest absolute Gasteiger partial charge is 0.491 e. The maximum Gasteiger partial charge on any atom is 0.313 e. The molecular weight excluding hydrogens is 268 g/mol. The van der Waals surface area contributed by atoms with Crippen molar-refractivity contribution in [2.75, 3.05) is 12.4 Å². The predicted octanol–water partition coefficient (Wildman–Crippen LogP) is 1.99. The summed E-state index contributed by atoms with van der Waals surface area (Å²) in [6.07, 6.45) is 8.12. The maximum atomic E-state index is 12.1. The number of anilines is 1. The van der Waals surface area contributed by atoms with Crippen LogP contribution in [0.25, 0.3) is 5.69 Å². The van der Waals surface area contributed by atoms with Gasteiger partial charge in [-0.1, -0.05) is 12.8 Å². The molecule has 21 heavy (non-hydrogen) atoms. The molecule has 2 aromatic rings. The lowest BCUT2D eigenvalue weighted by Gasteiger charge is -2.13. The maximum absolute atomic E-state index is 12.1. The summed E-state index contributed by atoms with van der Waals surface area (Å²) >= 11 is 0. The summed E-state index contributed by atoms with van der Waals surface area (Å²) in [5.41, 5.74) is 0.328. The Kier molecular flexibility index (Phi) is 3.85. The molecule has 6 heteroatoms. The summed E-state index contributed by atoms with van der Waals surface area (Å²) in [7, 11) is 1.47. The summed E-state index contributed by atoms with van der Waals surface area (Å²) < 4.78 is 6.30. The Labute approximate surface area is 122 Å². The van der Waals surface area contributed by atoms with E-state index in [1.165, 1.54) is 43.7 Å². The highest BCUT2D eigenvalue weighted by Gasteiger charge is 2.15. The Balaban J connectivity index is 1.82. The Morgan fingerprint density at radius 1 is 1.29 bits per heavy atom. The van der Waals surface area contributed by atoms with Crippen molar-refractivity contribution in [1.29, 1.82) is 0 Å². The van der Waals surface area contributed by atoms with Gasteiger partial charge in [0, 0.05) is 12.1 Å². The molecule has 1 aliphatic rings. The SMILES string of the molecule is COc1ccnn(-c2ccc(NC3CCCC3)nc2)c1=O. The third-order valence-electron chi connectivity index (χ3n) is 3.73. The first-order chi connectivity index (χ1) is 10.3. The zero-order valence-electron chi connectivity index (χ0n) is 12.0. The van der Waals surface area contributed by atoms with Crippen molar-refractivity contribution in [3.05, 3.63) is 40.9 Å². The van der Waals surface area contributed by atoms with Gasteiger partial charge in [0.25, 0.3) is 0 Å². The lowest BCUT2D eigenvalue weighted by atomic mass is 10.2. The molecule has 0 aromatic carbocycles. The van der Waals surface area contributed by atoms with Gasteiger partial charge < -0.3 is 10.1 Å². The number of nitrogens with one attached hydrogen (secondary N) is 1. The monoisotopic (exact) mass is 286 g/mol. The van der Waals surface area contributed by atoms with E-state index in [4.69, 9.17) is 4.74 Å². The quantitative estimate of drug-likeness (QED) is 0.931. The number of nitrogens with zero attached hydrogens (tertiary/aromatic N) is 3. The molecule has 0 bridgehead atoms. The van der Waals surface area contributed by atoms with Crippen molar-refractivity contribution < 1.29 is 4.74 Å². The molecule has 1 aliphatic carbocycles. The smallest absolute Gasteiger partial charge is 0.313 e. The molecule has 1 saturated carbocycles. The van der Waals surface area contributed by atoms with Crippen LogP contribution < -0.4 is 15.6 Å². The van der Waals surface area contributed by atoms with Crippen LogP contribution in [-0.4, -0.2) is 27.9 Å². The minimum atomic E-state index is -0.293. The van der Waals surface area contributed by atoms with Crippen LogP contribution in [0.4, 0.5) is 5.82 Å². The van der Waals surface area contributed by atoms with Crippen LogP contribution in [-0.2, 0) is 0 Å². The van der Waals surface area contributed by atoms with Gasteiger partial charge >= 0.3 is 5.56 Å². The van der Waals surface area contributed by atoms with Gasteiger partial charge in [-0.3, -0.25) is 4.79 Å². The first-order valence-corrected chi connectivity index (χ1v) is 7.13. The van der Waals surface area contributed by atoms with Gasteiger partial charge in [0.05, 0.1) is 25.2 Å². The third-order valence-corrected chi connectivity index (χ3v) is 3.73. The van der Waals surface area contributed by atoms with E-state index >= 15 is 0 Å². The van der Waals surface area contributed by atoms with Crippen LogP contribution in [0.15, 0.2) is 35.4 Å². The number of pyridine rings is 1. The number of methoxy groups -OCH3 is 1. The second-order valence-electron chi connectivity index (χ2n) is 5.14. The Bertz CT molecular complexity index is 660. The number of aromatic nitrogens is 3. The fourth-order valence-electron chi connectivity index (χ4n) is 2.61. The lowest BCUT2D eigenvalue weighted by molar-refractivity contribution is 0.403. The van der Waals surface area contributed by atoms with Crippen molar-refractivity contribution in [1.82, 2.24) is 14.8 Å². The summed E-state index contributed by atoms with van der Waals surface area (Å²) in [6.45, 7) is 0. The molecule has 6 nitrogen and oxygen atoms in total. The van der Waals surface area contributed by atoms with E-state index in [0.29, 0.717) is 11.7 Å². The molecule has 2 aromatic heterocycles. The first kappa shape index (κ1) is 13.6. The second kappa shape index (κ2) is 5.95. The molecule has 0 saturated heterocycles. The standard InChI is InChI=1S/C15H18N4O2/c1-21-13-8-9-17-19(15(13)20)12-6-7-14(16-10-12)18-11-4-2-3-5-11/h6-11H,2-5H2,1H3,(H,16,18). The van der Waals surface area contributed by atoms with Gasteiger partial charge in [-0.05, 0) is 25.0 Å². The Morgan fingerprint density at radius 3 is 2.76 bits per heavy atom. The molecule has 1 fully saturated rings. The predicted molar refractivity (Wildman–Crippen MR) is 80.1 cm³/mol. The van der Waals surface area contributed by atoms with E-state index in [-0.39, 0.29) is 11.3 Å². The highest BCUT2D eigenvalue weighted by Crippen LogP contribution is 2.21. The van der Waals surface area contributed by atoms with Gasteiger partial charge in [-0.15, -0.1) is 0 Å². The van der Waals surface area contributed by atoms with Gasteiger partial charge in [0.1, 0.15) is 5.82 Å². The Hall–Kier alpha value is -2.37. The zero-order chi connectivity index (χ0) is 14.7. The van der Waals surface area contributed by atoms with Crippen LogP contribution in [0.3, 0.4) is 0 Å². The average Bonchev–Trinajstić information content (AvgIpc) is 3.01. The van der Waals surface area contributed by atoms with Crippen molar-refractivity contribution >= 4 is 5.82 Å². The second-order valence-corrected chi connectivity index (χ2v) is 5.14. The third kappa shape index (κ3) is 2.89. The highest BCUT2D eigenvalue weighted by molar-refractivity contribution is 5.41. The minimum absolute atomic E-state index is 0.262. The normalized spacial score (nSPS) is 15.1. The first-order valence-electron chi connectivity index (χ1n) is 7.13. The van der Waals surface area contributed by atoms with Gasteiger partial charge in [-0.25, -0.2) is 4.98 Å². The molecule has 1 N–H and O–H groups in total. The molecule has 110 valence electrons. The van der Waals surface area contributed by atoms with Gasteiger partial charge in [0.2, 0.25) is 0 Å². The highest BCUT2D eigenvalue weighted by atomic mass is 16.5. The van der Waals surface area contributed by atoms with Gasteiger partial charge in [-0.2, -0.15) is 9.78 Å². The van der Waals surface area contributed by atoms with Gasteiger partial charge in [0.15, 0.2) is 5.75 Å².